The number of rotatable bonds is 5. The molecule has 1 fully saturated rings. The third-order valence-corrected chi connectivity index (χ3v) is 6.07. The first-order valence-electron chi connectivity index (χ1n) is 10.3. The number of carbonyl (C=O) groups excluding carboxylic acids is 1. The van der Waals surface area contributed by atoms with Crippen LogP contribution < -0.4 is 20.3 Å². The summed E-state index contributed by atoms with van der Waals surface area (Å²) in [4.78, 5) is 29.0. The van der Waals surface area contributed by atoms with Gasteiger partial charge in [0.05, 0.1) is 25.1 Å². The molecule has 0 bridgehead atoms. The zero-order valence-corrected chi connectivity index (χ0v) is 18.4. The van der Waals surface area contributed by atoms with Crippen molar-refractivity contribution in [2.75, 3.05) is 19.5 Å². The van der Waals surface area contributed by atoms with Crippen molar-refractivity contribution in [2.24, 2.45) is 0 Å². The summed E-state index contributed by atoms with van der Waals surface area (Å²) in [5.74, 6) is 0.795. The standard InChI is InChI=1S/C23H25N3O4S/c1-29-19-11-9-15(13-20(19)30-2)24-21(27)14-8-10-17-18(12-14)25-23(31)26(22(17)28)16-6-4-3-5-7-16/h8-13,16H,3-7H2,1-2H3,(H,24,27)(H,25,31). The molecule has 2 N–H and O–H groups in total. The van der Waals surface area contributed by atoms with Gasteiger partial charge >= 0.3 is 0 Å². The predicted octanol–water partition coefficient (Wildman–Crippen LogP) is 4.83. The summed E-state index contributed by atoms with van der Waals surface area (Å²) in [7, 11) is 3.09. The topological polar surface area (TPSA) is 85.4 Å². The first kappa shape index (κ1) is 21.1. The number of aromatic nitrogens is 2. The number of fused-ring (bicyclic) bond motifs is 1. The van der Waals surface area contributed by atoms with Crippen LogP contribution in [0.2, 0.25) is 0 Å². The fraction of sp³-hybridized carbons (Fsp3) is 0.348. The lowest BCUT2D eigenvalue weighted by Crippen LogP contribution is -2.28. The summed E-state index contributed by atoms with van der Waals surface area (Å²) < 4.78 is 12.6. The van der Waals surface area contributed by atoms with Gasteiger partial charge in [0.25, 0.3) is 11.5 Å². The van der Waals surface area contributed by atoms with Crippen LogP contribution in [-0.2, 0) is 0 Å². The molecule has 1 saturated carbocycles. The molecule has 1 aliphatic rings. The van der Waals surface area contributed by atoms with Crippen LogP contribution >= 0.6 is 12.2 Å². The Bertz CT molecular complexity index is 1240. The molecule has 1 aliphatic carbocycles. The van der Waals surface area contributed by atoms with Gasteiger partial charge in [0.1, 0.15) is 0 Å². The summed E-state index contributed by atoms with van der Waals surface area (Å²) in [5.41, 5.74) is 1.45. The van der Waals surface area contributed by atoms with Crippen LogP contribution in [0, 0.1) is 4.77 Å². The Morgan fingerprint density at radius 1 is 1.06 bits per heavy atom. The monoisotopic (exact) mass is 439 g/mol. The minimum absolute atomic E-state index is 0.0995. The van der Waals surface area contributed by atoms with E-state index < -0.39 is 0 Å². The smallest absolute Gasteiger partial charge is 0.262 e. The number of hydrogen-bond donors (Lipinski definition) is 2. The van der Waals surface area contributed by atoms with Crippen LogP contribution in [0.25, 0.3) is 10.9 Å². The number of hydrogen-bond acceptors (Lipinski definition) is 5. The van der Waals surface area contributed by atoms with E-state index >= 15 is 0 Å². The highest BCUT2D eigenvalue weighted by Gasteiger charge is 2.19. The molecule has 1 heterocycles. The van der Waals surface area contributed by atoms with E-state index in [-0.39, 0.29) is 17.5 Å². The highest BCUT2D eigenvalue weighted by Crippen LogP contribution is 2.30. The molecule has 162 valence electrons. The lowest BCUT2D eigenvalue weighted by Gasteiger charge is -2.24. The highest BCUT2D eigenvalue weighted by atomic mass is 32.1. The van der Waals surface area contributed by atoms with Gasteiger partial charge in [-0.15, -0.1) is 0 Å². The fourth-order valence-electron chi connectivity index (χ4n) is 4.16. The van der Waals surface area contributed by atoms with Gasteiger partial charge in [0, 0.05) is 23.4 Å². The molecule has 0 unspecified atom stereocenters. The summed E-state index contributed by atoms with van der Waals surface area (Å²) >= 11 is 5.49. The maximum absolute atomic E-state index is 13.1. The number of amides is 1. The number of carbonyl (C=O) groups is 1. The van der Waals surface area contributed by atoms with Gasteiger partial charge in [-0.25, -0.2) is 0 Å². The van der Waals surface area contributed by atoms with Gasteiger partial charge in [0.2, 0.25) is 0 Å². The van der Waals surface area contributed by atoms with Gasteiger partial charge < -0.3 is 19.8 Å². The molecule has 2 aromatic carbocycles. The fourth-order valence-corrected chi connectivity index (χ4v) is 4.50. The van der Waals surface area contributed by atoms with Crippen LogP contribution in [0.15, 0.2) is 41.2 Å². The maximum atomic E-state index is 13.1. The summed E-state index contributed by atoms with van der Waals surface area (Å²) in [5, 5.41) is 3.37. The lowest BCUT2D eigenvalue weighted by molar-refractivity contribution is 0.102. The molecule has 0 atom stereocenters. The summed E-state index contributed by atoms with van der Waals surface area (Å²) in [6.45, 7) is 0. The molecule has 31 heavy (non-hydrogen) atoms. The van der Waals surface area contributed by atoms with Crippen molar-refractivity contribution in [2.45, 2.75) is 38.1 Å². The van der Waals surface area contributed by atoms with Crippen molar-refractivity contribution in [3.8, 4) is 11.5 Å². The van der Waals surface area contributed by atoms with Crippen LogP contribution in [0.3, 0.4) is 0 Å². The lowest BCUT2D eigenvalue weighted by atomic mass is 9.95. The Morgan fingerprint density at radius 2 is 1.81 bits per heavy atom. The van der Waals surface area contributed by atoms with Crippen molar-refractivity contribution >= 4 is 34.7 Å². The molecule has 4 rings (SSSR count). The molecular weight excluding hydrogens is 414 g/mol. The first-order chi connectivity index (χ1) is 15.0. The summed E-state index contributed by atoms with van der Waals surface area (Å²) in [6.07, 6.45) is 5.36. The van der Waals surface area contributed by atoms with E-state index in [2.05, 4.69) is 10.3 Å². The quantitative estimate of drug-likeness (QED) is 0.556. The molecule has 3 aromatic rings. The number of methoxy groups -OCH3 is 2. The Morgan fingerprint density at radius 3 is 2.52 bits per heavy atom. The Kier molecular flexibility index (Phi) is 6.08. The molecular formula is C23H25N3O4S. The van der Waals surface area contributed by atoms with Crippen molar-refractivity contribution in [1.29, 1.82) is 0 Å². The second-order valence-corrected chi connectivity index (χ2v) is 8.07. The van der Waals surface area contributed by atoms with Gasteiger partial charge in [-0.05, 0) is 55.4 Å². The minimum atomic E-state index is -0.301. The van der Waals surface area contributed by atoms with Crippen LogP contribution in [0.4, 0.5) is 5.69 Å². The van der Waals surface area contributed by atoms with Crippen molar-refractivity contribution in [3.63, 3.8) is 0 Å². The average molecular weight is 440 g/mol. The third-order valence-electron chi connectivity index (χ3n) is 5.77. The first-order valence-corrected chi connectivity index (χ1v) is 10.7. The van der Waals surface area contributed by atoms with Gasteiger partial charge in [-0.1, -0.05) is 19.3 Å². The van der Waals surface area contributed by atoms with Gasteiger partial charge in [0.15, 0.2) is 16.3 Å². The molecule has 1 aromatic heterocycles. The number of aromatic amines is 1. The molecule has 0 aliphatic heterocycles. The van der Waals surface area contributed by atoms with E-state index in [0.29, 0.717) is 38.4 Å². The molecule has 0 saturated heterocycles. The van der Waals surface area contributed by atoms with Crippen LogP contribution in [0.1, 0.15) is 48.5 Å². The number of nitrogens with zero attached hydrogens (tertiary/aromatic N) is 1. The number of H-pyrrole nitrogens is 1. The highest BCUT2D eigenvalue weighted by molar-refractivity contribution is 7.71. The predicted molar refractivity (Wildman–Crippen MR) is 123 cm³/mol. The van der Waals surface area contributed by atoms with Crippen LogP contribution in [-0.4, -0.2) is 29.7 Å². The molecule has 1 amide bonds. The molecule has 7 nitrogen and oxygen atoms in total. The Balaban J connectivity index is 1.64. The minimum Gasteiger partial charge on any atom is -0.493 e. The average Bonchev–Trinajstić information content (AvgIpc) is 2.79. The summed E-state index contributed by atoms with van der Waals surface area (Å²) in [6, 6.07) is 10.3. The SMILES string of the molecule is COc1ccc(NC(=O)c2ccc3c(=O)n(C4CCCCC4)c(=S)[nH]c3c2)cc1OC. The Hall–Kier alpha value is -3.13. The van der Waals surface area contributed by atoms with E-state index in [0.717, 1.165) is 25.7 Å². The number of benzene rings is 2. The van der Waals surface area contributed by atoms with Crippen molar-refractivity contribution in [1.82, 2.24) is 9.55 Å². The normalized spacial score (nSPS) is 14.4. The number of ether oxygens (including phenoxy) is 2. The van der Waals surface area contributed by atoms with Crippen molar-refractivity contribution in [3.05, 3.63) is 57.1 Å². The maximum Gasteiger partial charge on any atom is 0.262 e. The largest absolute Gasteiger partial charge is 0.493 e. The van der Waals surface area contributed by atoms with E-state index in [1.165, 1.54) is 13.5 Å². The Labute approximate surface area is 185 Å². The van der Waals surface area contributed by atoms with Gasteiger partial charge in [-0.2, -0.15) is 0 Å². The second-order valence-electron chi connectivity index (χ2n) is 7.68. The molecule has 8 heteroatoms. The number of anilines is 1. The molecule has 0 spiro atoms. The van der Waals surface area contributed by atoms with E-state index in [9.17, 15) is 9.59 Å². The van der Waals surface area contributed by atoms with E-state index in [1.807, 2.05) is 0 Å². The third kappa shape index (κ3) is 4.20. The zero-order valence-electron chi connectivity index (χ0n) is 17.6. The van der Waals surface area contributed by atoms with E-state index in [4.69, 9.17) is 21.7 Å². The number of nitrogens with one attached hydrogen (secondary N) is 2. The van der Waals surface area contributed by atoms with Crippen molar-refractivity contribution < 1.29 is 14.3 Å². The van der Waals surface area contributed by atoms with Crippen LogP contribution in [0.5, 0.6) is 11.5 Å². The van der Waals surface area contributed by atoms with E-state index in [1.54, 1.807) is 48.1 Å². The zero-order chi connectivity index (χ0) is 22.0. The van der Waals surface area contributed by atoms with Gasteiger partial charge in [-0.3, -0.25) is 14.2 Å². The second kappa shape index (κ2) is 8.93. The molecule has 0 radical (unpaired) electrons.